The zero-order valence-electron chi connectivity index (χ0n) is 13.8. The number of fused-ring (bicyclic) bond motifs is 3. The van der Waals surface area contributed by atoms with Crippen LogP contribution in [0.4, 0.5) is 13.2 Å². The Bertz CT molecular complexity index is 1080. The number of nitrogens with one attached hydrogen (secondary N) is 1. The molecule has 4 nitrogen and oxygen atoms in total. The van der Waals surface area contributed by atoms with Crippen molar-refractivity contribution in [2.24, 2.45) is 0 Å². The second kappa shape index (κ2) is 7.10. The molecule has 3 heterocycles. The minimum atomic E-state index is -4.49. The maximum absolute atomic E-state index is 12.7. The van der Waals surface area contributed by atoms with Gasteiger partial charge >= 0.3 is 6.18 Å². The van der Waals surface area contributed by atoms with E-state index in [1.165, 1.54) is 4.88 Å². The molecule has 0 atom stereocenters. The number of halogens is 4. The SMILES string of the molecule is O=c1[nH]c(CSc2ncc(C(F)(F)F)cc2Cl)nc2sc3c(c12)CCCC3. The van der Waals surface area contributed by atoms with Crippen LogP contribution in [0, 0.1) is 0 Å². The molecule has 0 fully saturated rings. The summed E-state index contributed by atoms with van der Waals surface area (Å²) in [5.74, 6) is 0.708. The molecule has 27 heavy (non-hydrogen) atoms. The highest BCUT2D eigenvalue weighted by molar-refractivity contribution is 7.98. The molecule has 0 unspecified atom stereocenters. The molecule has 0 radical (unpaired) electrons. The maximum Gasteiger partial charge on any atom is 0.417 e. The number of thioether (sulfide) groups is 1. The quantitative estimate of drug-likeness (QED) is 0.577. The van der Waals surface area contributed by atoms with E-state index >= 15 is 0 Å². The summed E-state index contributed by atoms with van der Waals surface area (Å²) >= 11 is 8.61. The molecule has 4 rings (SSSR count). The third-order valence-corrected chi connectivity index (χ3v) is 6.96. The molecule has 0 aliphatic heterocycles. The van der Waals surface area contributed by atoms with Crippen molar-refractivity contribution in [2.75, 3.05) is 0 Å². The molecule has 3 aromatic rings. The molecule has 0 aromatic carbocycles. The Hall–Kier alpha value is -1.58. The minimum absolute atomic E-state index is 0.0789. The van der Waals surface area contributed by atoms with E-state index in [-0.39, 0.29) is 21.4 Å². The van der Waals surface area contributed by atoms with Gasteiger partial charge in [-0.25, -0.2) is 9.97 Å². The Labute approximate surface area is 165 Å². The predicted octanol–water partition coefficient (Wildman–Crippen LogP) is 5.22. The van der Waals surface area contributed by atoms with Gasteiger partial charge in [0.1, 0.15) is 15.7 Å². The fourth-order valence-corrected chi connectivity index (χ4v) is 5.45. The van der Waals surface area contributed by atoms with Gasteiger partial charge in [0.2, 0.25) is 0 Å². The average Bonchev–Trinajstić information content (AvgIpc) is 2.98. The predicted molar refractivity (Wildman–Crippen MR) is 101 cm³/mol. The van der Waals surface area contributed by atoms with Crippen molar-refractivity contribution >= 4 is 44.9 Å². The monoisotopic (exact) mass is 431 g/mol. The van der Waals surface area contributed by atoms with Gasteiger partial charge in [-0.05, 0) is 37.3 Å². The van der Waals surface area contributed by atoms with E-state index in [0.717, 1.165) is 55.3 Å². The van der Waals surface area contributed by atoms with Gasteiger partial charge in [-0.15, -0.1) is 11.3 Å². The molecule has 3 aromatic heterocycles. The summed E-state index contributed by atoms with van der Waals surface area (Å²) in [4.78, 5) is 25.6. The number of pyridine rings is 1. The molecule has 1 aliphatic rings. The van der Waals surface area contributed by atoms with Crippen LogP contribution in [-0.4, -0.2) is 15.0 Å². The van der Waals surface area contributed by atoms with E-state index in [1.807, 2.05) is 0 Å². The van der Waals surface area contributed by atoms with Crippen molar-refractivity contribution in [3.8, 4) is 0 Å². The lowest BCUT2D eigenvalue weighted by atomic mass is 9.97. The first-order chi connectivity index (χ1) is 12.8. The molecule has 0 bridgehead atoms. The first-order valence-corrected chi connectivity index (χ1v) is 10.4. The molecule has 1 aliphatic carbocycles. The van der Waals surface area contributed by atoms with Gasteiger partial charge in [0.25, 0.3) is 5.56 Å². The second-order valence-electron chi connectivity index (χ2n) is 6.20. The van der Waals surface area contributed by atoms with Crippen LogP contribution in [0.25, 0.3) is 10.2 Å². The summed E-state index contributed by atoms with van der Waals surface area (Å²) in [7, 11) is 0. The highest BCUT2D eigenvalue weighted by atomic mass is 35.5. The van der Waals surface area contributed by atoms with Gasteiger partial charge < -0.3 is 4.98 Å². The summed E-state index contributed by atoms with van der Waals surface area (Å²) in [6.45, 7) is 0. The van der Waals surface area contributed by atoms with Gasteiger partial charge in [0.15, 0.2) is 0 Å². The van der Waals surface area contributed by atoms with Gasteiger partial charge in [-0.2, -0.15) is 13.2 Å². The number of aryl methyl sites for hydroxylation is 2. The zero-order chi connectivity index (χ0) is 19.2. The molecule has 0 spiro atoms. The van der Waals surface area contributed by atoms with E-state index in [4.69, 9.17) is 11.6 Å². The number of aromatic amines is 1. The first kappa shape index (κ1) is 18.8. The molecule has 0 amide bonds. The first-order valence-electron chi connectivity index (χ1n) is 8.22. The van der Waals surface area contributed by atoms with Crippen molar-refractivity contribution < 1.29 is 13.2 Å². The Kier molecular flexibility index (Phi) is 4.94. The molecular weight excluding hydrogens is 419 g/mol. The Morgan fingerprint density at radius 1 is 1.30 bits per heavy atom. The Morgan fingerprint density at radius 3 is 2.81 bits per heavy atom. The van der Waals surface area contributed by atoms with Crippen molar-refractivity contribution in [3.05, 3.63) is 49.5 Å². The normalized spacial score (nSPS) is 14.5. The zero-order valence-corrected chi connectivity index (χ0v) is 16.2. The molecular formula is C17H13ClF3N3OS2. The average molecular weight is 432 g/mol. The van der Waals surface area contributed by atoms with E-state index in [2.05, 4.69) is 15.0 Å². The second-order valence-corrected chi connectivity index (χ2v) is 8.66. The minimum Gasteiger partial charge on any atom is -0.309 e. The van der Waals surface area contributed by atoms with Crippen LogP contribution >= 0.6 is 34.7 Å². The van der Waals surface area contributed by atoms with Crippen LogP contribution in [0.2, 0.25) is 5.02 Å². The van der Waals surface area contributed by atoms with Crippen LogP contribution in [0.5, 0.6) is 0 Å². The van der Waals surface area contributed by atoms with E-state index < -0.39 is 11.7 Å². The summed E-state index contributed by atoms with van der Waals surface area (Å²) < 4.78 is 38.1. The van der Waals surface area contributed by atoms with Gasteiger partial charge in [-0.1, -0.05) is 23.4 Å². The molecule has 10 heteroatoms. The molecule has 1 N–H and O–H groups in total. The van der Waals surface area contributed by atoms with Gasteiger partial charge in [0.05, 0.1) is 21.7 Å². The number of alkyl halides is 3. The van der Waals surface area contributed by atoms with Gasteiger partial charge in [0, 0.05) is 11.1 Å². The largest absolute Gasteiger partial charge is 0.417 e. The molecule has 0 saturated carbocycles. The van der Waals surface area contributed by atoms with Crippen molar-refractivity contribution in [1.82, 2.24) is 15.0 Å². The van der Waals surface area contributed by atoms with Crippen LogP contribution in [0.1, 0.15) is 34.7 Å². The number of rotatable bonds is 3. The number of thiophene rings is 1. The topological polar surface area (TPSA) is 58.6 Å². The molecule has 142 valence electrons. The third kappa shape index (κ3) is 3.72. The summed E-state index contributed by atoms with van der Waals surface area (Å²) in [6, 6.07) is 0.851. The van der Waals surface area contributed by atoms with E-state index in [0.29, 0.717) is 16.0 Å². The lowest BCUT2D eigenvalue weighted by molar-refractivity contribution is -0.137. The fourth-order valence-electron chi connectivity index (χ4n) is 3.10. The van der Waals surface area contributed by atoms with Crippen molar-refractivity contribution in [2.45, 2.75) is 42.6 Å². The summed E-state index contributed by atoms with van der Waals surface area (Å²) in [5.41, 5.74) is 0.0529. The summed E-state index contributed by atoms with van der Waals surface area (Å²) in [6.07, 6.45) is 0.341. The molecule has 0 saturated heterocycles. The van der Waals surface area contributed by atoms with Crippen LogP contribution in [0.15, 0.2) is 22.1 Å². The standard InChI is InChI=1S/C17H13ClF3N3OS2/c18-10-5-8(17(19,20)21)6-22-15(10)26-7-12-23-14(25)13-9-3-1-2-4-11(9)27-16(13)24-12/h5-6H,1-4,7H2,(H,23,24,25). The smallest absolute Gasteiger partial charge is 0.309 e. The maximum atomic E-state index is 12.7. The Balaban J connectivity index is 1.58. The van der Waals surface area contributed by atoms with Crippen LogP contribution in [-0.2, 0) is 24.8 Å². The van der Waals surface area contributed by atoms with Gasteiger partial charge in [-0.3, -0.25) is 4.79 Å². The van der Waals surface area contributed by atoms with Crippen LogP contribution < -0.4 is 5.56 Å². The Morgan fingerprint density at radius 2 is 2.07 bits per heavy atom. The highest BCUT2D eigenvalue weighted by Gasteiger charge is 2.31. The number of H-pyrrole nitrogens is 1. The van der Waals surface area contributed by atoms with E-state index in [1.54, 1.807) is 11.3 Å². The van der Waals surface area contributed by atoms with Crippen molar-refractivity contribution in [1.29, 1.82) is 0 Å². The number of hydrogen-bond donors (Lipinski definition) is 1. The number of nitrogens with zero attached hydrogens (tertiary/aromatic N) is 2. The fraction of sp³-hybridized carbons (Fsp3) is 0.353. The third-order valence-electron chi connectivity index (χ3n) is 4.35. The van der Waals surface area contributed by atoms with E-state index in [9.17, 15) is 18.0 Å². The van der Waals surface area contributed by atoms with Crippen LogP contribution in [0.3, 0.4) is 0 Å². The summed E-state index contributed by atoms with van der Waals surface area (Å²) in [5, 5.41) is 0.858. The number of hydrogen-bond acceptors (Lipinski definition) is 5. The van der Waals surface area contributed by atoms with Crippen molar-refractivity contribution in [3.63, 3.8) is 0 Å². The lowest BCUT2D eigenvalue weighted by Gasteiger charge is -2.09. The number of aromatic nitrogens is 3. The lowest BCUT2D eigenvalue weighted by Crippen LogP contribution is -2.12. The highest BCUT2D eigenvalue weighted by Crippen LogP contribution is 2.36.